The van der Waals surface area contributed by atoms with Crippen LogP contribution in [0.4, 0.5) is 24.9 Å². The summed E-state index contributed by atoms with van der Waals surface area (Å²) in [6.45, 7) is 4.29. The third kappa shape index (κ3) is 3.13. The fourth-order valence-electron chi connectivity index (χ4n) is 2.34. The van der Waals surface area contributed by atoms with Gasteiger partial charge in [-0.2, -0.15) is 18.2 Å². The van der Waals surface area contributed by atoms with Crippen LogP contribution in [-0.2, 0) is 6.18 Å². The Hall–Kier alpha value is -1.53. The van der Waals surface area contributed by atoms with Crippen LogP contribution in [0.1, 0.15) is 45.2 Å². The molecule has 4 nitrogen and oxygen atoms in total. The Morgan fingerprint density at radius 3 is 2.40 bits per heavy atom. The number of nitrogens with one attached hydrogen (secondary N) is 2. The Kier molecular flexibility index (Phi) is 4.06. The van der Waals surface area contributed by atoms with Crippen LogP contribution < -0.4 is 10.6 Å². The maximum absolute atomic E-state index is 12.9. The summed E-state index contributed by atoms with van der Waals surface area (Å²) in [4.78, 5) is 7.62. The van der Waals surface area contributed by atoms with Crippen LogP contribution in [0.25, 0.3) is 0 Å². The summed E-state index contributed by atoms with van der Waals surface area (Å²) < 4.78 is 38.6. The van der Waals surface area contributed by atoms with Gasteiger partial charge in [-0.15, -0.1) is 0 Å². The molecule has 0 atom stereocenters. The predicted octanol–water partition coefficient (Wildman–Crippen LogP) is 3.67. The molecule has 1 fully saturated rings. The van der Waals surface area contributed by atoms with Crippen molar-refractivity contribution in [2.24, 2.45) is 0 Å². The highest BCUT2D eigenvalue weighted by Gasteiger charge is 2.37. The third-order valence-electron chi connectivity index (χ3n) is 3.73. The lowest BCUT2D eigenvalue weighted by Gasteiger charge is -2.42. The number of nitrogens with zero attached hydrogens (tertiary/aromatic N) is 2. The second-order valence-corrected chi connectivity index (χ2v) is 5.10. The fraction of sp³-hybridized carbons (Fsp3) is 0.692. The largest absolute Gasteiger partial charge is 0.433 e. The van der Waals surface area contributed by atoms with E-state index in [9.17, 15) is 13.2 Å². The van der Waals surface area contributed by atoms with Crippen molar-refractivity contribution < 1.29 is 13.2 Å². The molecule has 1 aliphatic carbocycles. The van der Waals surface area contributed by atoms with Gasteiger partial charge in [-0.25, -0.2) is 4.98 Å². The normalized spacial score (nSPS) is 17.4. The molecule has 0 saturated heterocycles. The summed E-state index contributed by atoms with van der Waals surface area (Å²) >= 11 is 0. The van der Waals surface area contributed by atoms with Crippen LogP contribution in [-0.4, -0.2) is 22.1 Å². The van der Waals surface area contributed by atoms with Gasteiger partial charge in [0.1, 0.15) is 5.82 Å². The van der Waals surface area contributed by atoms with E-state index < -0.39 is 11.9 Å². The fourth-order valence-corrected chi connectivity index (χ4v) is 2.34. The lowest BCUT2D eigenvalue weighted by Crippen LogP contribution is -2.44. The Bertz CT molecular complexity index is 464. The molecule has 1 aromatic heterocycles. The van der Waals surface area contributed by atoms with Crippen molar-refractivity contribution in [3.05, 3.63) is 11.8 Å². The average Bonchev–Trinajstić information content (AvgIpc) is 2.33. The molecule has 7 heteroatoms. The number of anilines is 2. The second kappa shape index (κ2) is 5.46. The predicted molar refractivity (Wildman–Crippen MR) is 71.7 cm³/mol. The van der Waals surface area contributed by atoms with Gasteiger partial charge in [0.05, 0.1) is 0 Å². The maximum Gasteiger partial charge on any atom is 0.433 e. The zero-order valence-electron chi connectivity index (χ0n) is 11.6. The van der Waals surface area contributed by atoms with Crippen molar-refractivity contribution in [2.75, 3.05) is 17.2 Å². The first-order chi connectivity index (χ1) is 9.38. The number of hydrogen-bond donors (Lipinski definition) is 2. The van der Waals surface area contributed by atoms with Crippen molar-refractivity contribution in [2.45, 2.75) is 51.2 Å². The summed E-state index contributed by atoms with van der Waals surface area (Å²) in [6, 6.07) is 0.983. The van der Waals surface area contributed by atoms with Crippen LogP contribution in [0.2, 0.25) is 0 Å². The maximum atomic E-state index is 12.9. The number of halogens is 3. The Balaban J connectivity index is 2.29. The van der Waals surface area contributed by atoms with Crippen molar-refractivity contribution in [1.82, 2.24) is 9.97 Å². The number of hydrogen-bond acceptors (Lipinski definition) is 4. The smallest absolute Gasteiger partial charge is 0.364 e. The average molecular weight is 288 g/mol. The molecule has 2 N–H and O–H groups in total. The van der Waals surface area contributed by atoms with E-state index in [2.05, 4.69) is 20.6 Å². The Morgan fingerprint density at radius 2 is 1.95 bits per heavy atom. The van der Waals surface area contributed by atoms with Gasteiger partial charge in [0.15, 0.2) is 5.69 Å². The number of alkyl halides is 3. The lowest BCUT2D eigenvalue weighted by molar-refractivity contribution is -0.141. The SMILES string of the molecule is CCNc1nc(NC2(CC)CCC2)cc(C(F)(F)F)n1. The highest BCUT2D eigenvalue weighted by atomic mass is 19.4. The lowest BCUT2D eigenvalue weighted by atomic mass is 9.75. The molecule has 0 amide bonds. The van der Waals surface area contributed by atoms with Gasteiger partial charge in [-0.05, 0) is 32.6 Å². The van der Waals surface area contributed by atoms with Crippen molar-refractivity contribution in [1.29, 1.82) is 0 Å². The molecule has 0 aliphatic heterocycles. The standard InChI is InChI=1S/C13H19F3N4/c1-3-12(6-5-7-12)20-10-8-9(13(14,15)16)18-11(19-10)17-4-2/h8H,3-7H2,1-2H3,(H2,17,18,19,20). The summed E-state index contributed by atoms with van der Waals surface area (Å²) in [5, 5.41) is 5.90. The topological polar surface area (TPSA) is 49.8 Å². The molecule has 0 radical (unpaired) electrons. The molecular formula is C13H19F3N4. The van der Waals surface area contributed by atoms with E-state index in [1.54, 1.807) is 6.92 Å². The van der Waals surface area contributed by atoms with E-state index in [1.165, 1.54) is 0 Å². The van der Waals surface area contributed by atoms with E-state index >= 15 is 0 Å². The number of rotatable bonds is 5. The summed E-state index contributed by atoms with van der Waals surface area (Å²) in [6.07, 6.45) is -0.577. The molecular weight excluding hydrogens is 269 g/mol. The molecule has 0 bridgehead atoms. The summed E-state index contributed by atoms with van der Waals surface area (Å²) in [5.41, 5.74) is -1.03. The zero-order valence-corrected chi connectivity index (χ0v) is 11.6. The first-order valence-corrected chi connectivity index (χ1v) is 6.87. The molecule has 1 heterocycles. The Labute approximate surface area is 116 Å². The van der Waals surface area contributed by atoms with Crippen molar-refractivity contribution >= 4 is 11.8 Å². The number of aromatic nitrogens is 2. The van der Waals surface area contributed by atoms with E-state index in [4.69, 9.17) is 0 Å². The molecule has 1 aromatic rings. The van der Waals surface area contributed by atoms with Crippen molar-refractivity contribution in [3.8, 4) is 0 Å². The first-order valence-electron chi connectivity index (χ1n) is 6.87. The first kappa shape index (κ1) is 14.9. The van der Waals surface area contributed by atoms with Crippen LogP contribution in [0.15, 0.2) is 6.07 Å². The van der Waals surface area contributed by atoms with E-state index in [0.717, 1.165) is 31.7 Å². The molecule has 0 unspecified atom stereocenters. The van der Waals surface area contributed by atoms with Gasteiger partial charge >= 0.3 is 6.18 Å². The van der Waals surface area contributed by atoms with E-state index in [1.807, 2.05) is 6.92 Å². The van der Waals surface area contributed by atoms with Gasteiger partial charge in [-0.3, -0.25) is 0 Å². The van der Waals surface area contributed by atoms with Crippen LogP contribution >= 0.6 is 0 Å². The molecule has 1 aliphatic rings. The minimum atomic E-state index is -4.47. The van der Waals surface area contributed by atoms with Crippen LogP contribution in [0.3, 0.4) is 0 Å². The third-order valence-corrected chi connectivity index (χ3v) is 3.73. The molecule has 0 aromatic carbocycles. The summed E-state index contributed by atoms with van der Waals surface area (Å²) in [5.74, 6) is 0.250. The van der Waals surface area contributed by atoms with Crippen molar-refractivity contribution in [3.63, 3.8) is 0 Å². The van der Waals surface area contributed by atoms with Gasteiger partial charge in [-0.1, -0.05) is 6.92 Å². The van der Waals surface area contributed by atoms with Crippen LogP contribution in [0, 0.1) is 0 Å². The second-order valence-electron chi connectivity index (χ2n) is 5.10. The Morgan fingerprint density at radius 1 is 1.25 bits per heavy atom. The van der Waals surface area contributed by atoms with Crippen LogP contribution in [0.5, 0.6) is 0 Å². The monoisotopic (exact) mass is 288 g/mol. The highest BCUT2D eigenvalue weighted by molar-refractivity contribution is 5.45. The highest BCUT2D eigenvalue weighted by Crippen LogP contribution is 2.38. The van der Waals surface area contributed by atoms with Gasteiger partial charge < -0.3 is 10.6 Å². The van der Waals surface area contributed by atoms with Gasteiger partial charge in [0.25, 0.3) is 0 Å². The molecule has 2 rings (SSSR count). The minimum absolute atomic E-state index is 0.00963. The van der Waals surface area contributed by atoms with E-state index in [-0.39, 0.29) is 17.3 Å². The quantitative estimate of drug-likeness (QED) is 0.868. The molecule has 0 spiro atoms. The molecule has 20 heavy (non-hydrogen) atoms. The summed E-state index contributed by atoms with van der Waals surface area (Å²) in [7, 11) is 0. The van der Waals surface area contributed by atoms with Gasteiger partial charge in [0, 0.05) is 18.2 Å². The zero-order chi connectivity index (χ0) is 14.8. The van der Waals surface area contributed by atoms with Gasteiger partial charge in [0.2, 0.25) is 5.95 Å². The molecule has 112 valence electrons. The minimum Gasteiger partial charge on any atom is -0.364 e. The molecule has 1 saturated carbocycles. The van der Waals surface area contributed by atoms with E-state index in [0.29, 0.717) is 6.54 Å².